The van der Waals surface area contributed by atoms with Crippen molar-refractivity contribution in [2.75, 3.05) is 11.9 Å². The van der Waals surface area contributed by atoms with Gasteiger partial charge in [-0.1, -0.05) is 37.8 Å². The second-order valence-electron chi connectivity index (χ2n) is 9.35. The van der Waals surface area contributed by atoms with E-state index in [1.165, 1.54) is 0 Å². The summed E-state index contributed by atoms with van der Waals surface area (Å²) in [4.78, 5) is 16.9. The van der Waals surface area contributed by atoms with Crippen LogP contribution in [0.3, 0.4) is 0 Å². The van der Waals surface area contributed by atoms with Crippen molar-refractivity contribution < 1.29 is 9.53 Å². The smallest absolute Gasteiger partial charge is 0.228 e. The standard InChI is InChI=1S/C24H28N4O2Si/c1-31(2,3)13-12-30-16-28-15-21(19-7-5-4-6-18(19)14-25)20-10-11-22(26-23(20)28)27-24(29)17-8-9-17/h4-7,10-11,15,17H,8-9,12-13,16H2,1-3H3,(H,26,27,29). The molecule has 1 fully saturated rings. The Hall–Kier alpha value is -2.95. The number of anilines is 1. The molecule has 31 heavy (non-hydrogen) atoms. The van der Waals surface area contributed by atoms with Crippen molar-refractivity contribution in [1.29, 1.82) is 5.26 Å². The van der Waals surface area contributed by atoms with E-state index in [0.717, 1.165) is 41.0 Å². The Bertz CT molecular complexity index is 1150. The fraction of sp³-hybridized carbons (Fsp3) is 0.375. The zero-order valence-electron chi connectivity index (χ0n) is 18.3. The number of benzene rings is 1. The molecule has 160 valence electrons. The second-order valence-corrected chi connectivity index (χ2v) is 15.0. The van der Waals surface area contributed by atoms with Crippen molar-refractivity contribution in [2.45, 2.75) is 45.3 Å². The molecule has 0 saturated heterocycles. The van der Waals surface area contributed by atoms with E-state index in [-0.39, 0.29) is 11.8 Å². The minimum Gasteiger partial charge on any atom is -0.361 e. The van der Waals surface area contributed by atoms with Crippen LogP contribution >= 0.6 is 0 Å². The molecule has 6 nitrogen and oxygen atoms in total. The quantitative estimate of drug-likeness (QED) is 0.390. The molecule has 1 N–H and O–H groups in total. The van der Waals surface area contributed by atoms with Crippen LogP contribution in [0.5, 0.6) is 0 Å². The fourth-order valence-corrected chi connectivity index (χ4v) is 4.23. The molecule has 1 saturated carbocycles. The highest BCUT2D eigenvalue weighted by Crippen LogP contribution is 2.34. The van der Waals surface area contributed by atoms with E-state index in [0.29, 0.717) is 24.7 Å². The maximum Gasteiger partial charge on any atom is 0.228 e. The lowest BCUT2D eigenvalue weighted by Gasteiger charge is -2.15. The third-order valence-electron chi connectivity index (χ3n) is 5.49. The lowest BCUT2D eigenvalue weighted by Crippen LogP contribution is -2.22. The van der Waals surface area contributed by atoms with Crippen molar-refractivity contribution >= 4 is 30.8 Å². The highest BCUT2D eigenvalue weighted by molar-refractivity contribution is 6.76. The van der Waals surface area contributed by atoms with E-state index in [1.54, 1.807) is 0 Å². The highest BCUT2D eigenvalue weighted by Gasteiger charge is 2.30. The summed E-state index contributed by atoms with van der Waals surface area (Å²) in [6.45, 7) is 8.07. The van der Waals surface area contributed by atoms with Crippen LogP contribution in [-0.4, -0.2) is 30.1 Å². The van der Waals surface area contributed by atoms with Gasteiger partial charge >= 0.3 is 0 Å². The molecule has 0 aliphatic heterocycles. The normalized spacial score (nSPS) is 13.9. The van der Waals surface area contributed by atoms with E-state index in [9.17, 15) is 10.1 Å². The summed E-state index contributed by atoms with van der Waals surface area (Å²) in [6, 6.07) is 14.7. The third-order valence-corrected chi connectivity index (χ3v) is 7.19. The molecule has 4 rings (SSSR count). The summed E-state index contributed by atoms with van der Waals surface area (Å²) in [6.07, 6.45) is 3.89. The molecule has 0 bridgehead atoms. The molecule has 1 amide bonds. The number of nitrogens with one attached hydrogen (secondary N) is 1. The van der Waals surface area contributed by atoms with Gasteiger partial charge in [0.1, 0.15) is 18.2 Å². The molecule has 0 atom stereocenters. The van der Waals surface area contributed by atoms with Crippen LogP contribution in [0.4, 0.5) is 5.82 Å². The second kappa shape index (κ2) is 8.65. The summed E-state index contributed by atoms with van der Waals surface area (Å²) in [5, 5.41) is 13.4. The Balaban J connectivity index is 1.68. The number of aromatic nitrogens is 2. The van der Waals surface area contributed by atoms with Gasteiger partial charge in [0, 0.05) is 43.3 Å². The number of carbonyl (C=O) groups is 1. The van der Waals surface area contributed by atoms with Gasteiger partial charge in [0.25, 0.3) is 0 Å². The topological polar surface area (TPSA) is 79.9 Å². The van der Waals surface area contributed by atoms with E-state index >= 15 is 0 Å². The fourth-order valence-electron chi connectivity index (χ4n) is 3.48. The Morgan fingerprint density at radius 3 is 2.71 bits per heavy atom. The first-order chi connectivity index (χ1) is 14.9. The van der Waals surface area contributed by atoms with Crippen LogP contribution < -0.4 is 5.32 Å². The van der Waals surface area contributed by atoms with Crippen molar-refractivity contribution in [3.63, 3.8) is 0 Å². The predicted octanol–water partition coefficient (Wildman–Crippen LogP) is 5.24. The van der Waals surface area contributed by atoms with Crippen LogP contribution in [0.2, 0.25) is 25.7 Å². The molecule has 0 unspecified atom stereocenters. The average Bonchev–Trinajstić information content (AvgIpc) is 3.53. The summed E-state index contributed by atoms with van der Waals surface area (Å²) >= 11 is 0. The number of carbonyl (C=O) groups excluding carboxylic acids is 1. The minimum atomic E-state index is -1.17. The molecule has 2 aromatic heterocycles. The molecule has 7 heteroatoms. The Kier molecular flexibility index (Phi) is 5.94. The minimum absolute atomic E-state index is 0.0337. The van der Waals surface area contributed by atoms with Crippen LogP contribution in [0, 0.1) is 17.2 Å². The average molecular weight is 433 g/mol. The molecule has 0 radical (unpaired) electrons. The first kappa shape index (κ1) is 21.3. The van der Waals surface area contributed by atoms with Crippen molar-refractivity contribution in [3.05, 3.63) is 48.2 Å². The molecule has 3 aromatic rings. The number of nitrogens with zero attached hydrogens (tertiary/aromatic N) is 3. The SMILES string of the molecule is C[Si](C)(C)CCOCn1cc(-c2ccccc2C#N)c2ccc(NC(=O)C3CC3)nc21. The van der Waals surface area contributed by atoms with E-state index < -0.39 is 8.07 Å². The molecular formula is C24H28N4O2Si. The van der Waals surface area contributed by atoms with Gasteiger partial charge in [-0.3, -0.25) is 4.79 Å². The first-order valence-corrected chi connectivity index (χ1v) is 14.4. The summed E-state index contributed by atoms with van der Waals surface area (Å²) in [5.41, 5.74) is 3.16. The Labute approximate surface area is 183 Å². The van der Waals surface area contributed by atoms with Gasteiger partial charge in [0.2, 0.25) is 5.91 Å². The van der Waals surface area contributed by atoms with Crippen LogP contribution in [0.1, 0.15) is 18.4 Å². The van der Waals surface area contributed by atoms with Gasteiger partial charge in [0.05, 0.1) is 11.6 Å². The Morgan fingerprint density at radius 1 is 1.23 bits per heavy atom. The van der Waals surface area contributed by atoms with E-state index in [4.69, 9.17) is 9.72 Å². The molecule has 2 heterocycles. The van der Waals surface area contributed by atoms with Crippen LogP contribution in [0.25, 0.3) is 22.2 Å². The van der Waals surface area contributed by atoms with Crippen LogP contribution in [-0.2, 0) is 16.3 Å². The van der Waals surface area contributed by atoms with Gasteiger partial charge < -0.3 is 14.6 Å². The number of hydrogen-bond donors (Lipinski definition) is 1. The van der Waals surface area contributed by atoms with Gasteiger partial charge in [-0.25, -0.2) is 4.98 Å². The van der Waals surface area contributed by atoms with Crippen molar-refractivity contribution in [1.82, 2.24) is 9.55 Å². The van der Waals surface area contributed by atoms with Gasteiger partial charge in [0.15, 0.2) is 0 Å². The van der Waals surface area contributed by atoms with Gasteiger partial charge in [-0.15, -0.1) is 0 Å². The number of ether oxygens (including phenoxy) is 1. The number of hydrogen-bond acceptors (Lipinski definition) is 4. The molecule has 0 spiro atoms. The predicted molar refractivity (Wildman–Crippen MR) is 125 cm³/mol. The van der Waals surface area contributed by atoms with E-state index in [2.05, 4.69) is 31.0 Å². The monoisotopic (exact) mass is 432 g/mol. The Morgan fingerprint density at radius 2 is 2.00 bits per heavy atom. The lowest BCUT2D eigenvalue weighted by molar-refractivity contribution is -0.117. The number of pyridine rings is 1. The number of rotatable bonds is 8. The first-order valence-electron chi connectivity index (χ1n) is 10.7. The molecule has 1 aromatic carbocycles. The maximum absolute atomic E-state index is 12.2. The van der Waals surface area contributed by atoms with Crippen molar-refractivity contribution in [3.8, 4) is 17.2 Å². The summed E-state index contributed by atoms with van der Waals surface area (Å²) in [5.74, 6) is 0.699. The number of amides is 1. The largest absolute Gasteiger partial charge is 0.361 e. The summed E-state index contributed by atoms with van der Waals surface area (Å²) < 4.78 is 7.95. The third kappa shape index (κ3) is 5.04. The molecule has 1 aliphatic rings. The summed E-state index contributed by atoms with van der Waals surface area (Å²) in [7, 11) is -1.17. The lowest BCUT2D eigenvalue weighted by atomic mass is 10.0. The zero-order chi connectivity index (χ0) is 22.0. The van der Waals surface area contributed by atoms with Gasteiger partial charge in [-0.2, -0.15) is 5.26 Å². The van der Waals surface area contributed by atoms with Crippen LogP contribution in [0.15, 0.2) is 42.6 Å². The number of fused-ring (bicyclic) bond motifs is 1. The molecular weight excluding hydrogens is 404 g/mol. The number of nitriles is 1. The zero-order valence-corrected chi connectivity index (χ0v) is 19.3. The van der Waals surface area contributed by atoms with Crippen molar-refractivity contribution in [2.24, 2.45) is 5.92 Å². The maximum atomic E-state index is 12.2. The van der Waals surface area contributed by atoms with Gasteiger partial charge in [-0.05, 0) is 37.1 Å². The van der Waals surface area contributed by atoms with E-state index in [1.807, 2.05) is 47.2 Å². The highest BCUT2D eigenvalue weighted by atomic mass is 28.3. The molecule has 1 aliphatic carbocycles.